The summed E-state index contributed by atoms with van der Waals surface area (Å²) in [4.78, 5) is 0. The van der Waals surface area contributed by atoms with Gasteiger partial charge in [-0.2, -0.15) is 13.2 Å². The van der Waals surface area contributed by atoms with Crippen molar-refractivity contribution in [3.63, 3.8) is 0 Å². The summed E-state index contributed by atoms with van der Waals surface area (Å²) in [5, 5.41) is -0.231. The molecule has 0 heterocycles. The Labute approximate surface area is 121 Å². The third-order valence-electron chi connectivity index (χ3n) is 4.07. The van der Waals surface area contributed by atoms with Crippen LogP contribution < -0.4 is 0 Å². The van der Waals surface area contributed by atoms with Crippen LogP contribution in [0.1, 0.15) is 31.2 Å². The van der Waals surface area contributed by atoms with Crippen molar-refractivity contribution in [1.82, 2.24) is 0 Å². The Morgan fingerprint density at radius 3 is 2.35 bits per heavy atom. The third-order valence-corrected chi connectivity index (χ3v) is 4.58. The van der Waals surface area contributed by atoms with E-state index in [1.54, 1.807) is 12.1 Å². The lowest BCUT2D eigenvalue weighted by atomic mass is 9.79. The second kappa shape index (κ2) is 6.33. The average molecular weight is 309 g/mol. The van der Waals surface area contributed by atoms with E-state index in [1.807, 2.05) is 0 Å². The van der Waals surface area contributed by atoms with Crippen LogP contribution in [-0.4, -0.2) is 11.6 Å². The number of hydrogen-bond acceptors (Lipinski definition) is 0. The first kappa shape index (κ1) is 15.6. The fraction of sp³-hybridized carbons (Fsp3) is 0.600. The van der Waals surface area contributed by atoms with Crippen molar-refractivity contribution in [1.29, 1.82) is 0 Å². The summed E-state index contributed by atoms with van der Waals surface area (Å²) in [6, 6.07) is 6.20. The smallest absolute Gasteiger partial charge is 0.207 e. The Hall–Kier alpha value is -0.770. The molecule has 0 saturated heterocycles. The largest absolute Gasteiger partial charge is 0.391 e. The topological polar surface area (TPSA) is 0 Å². The Bertz CT molecular complexity index is 436. The van der Waals surface area contributed by atoms with Crippen LogP contribution in [0.25, 0.3) is 0 Å². The van der Waals surface area contributed by atoms with Crippen molar-refractivity contribution in [2.75, 3.05) is 0 Å². The zero-order chi connectivity index (χ0) is 14.8. The van der Waals surface area contributed by atoms with Crippen LogP contribution in [-0.2, 0) is 6.42 Å². The molecule has 0 amide bonds. The Morgan fingerprint density at radius 2 is 1.80 bits per heavy atom. The molecule has 1 atom stereocenters. The molecule has 1 saturated carbocycles. The summed E-state index contributed by atoms with van der Waals surface area (Å²) in [7, 11) is 0. The fourth-order valence-electron chi connectivity index (χ4n) is 2.86. The van der Waals surface area contributed by atoms with Crippen molar-refractivity contribution in [3.8, 4) is 0 Å². The van der Waals surface area contributed by atoms with Gasteiger partial charge in [0.1, 0.15) is 5.82 Å². The average Bonchev–Trinajstić information content (AvgIpc) is 2.38. The van der Waals surface area contributed by atoms with Crippen molar-refractivity contribution < 1.29 is 17.6 Å². The highest BCUT2D eigenvalue weighted by Crippen LogP contribution is 2.41. The van der Waals surface area contributed by atoms with E-state index < -0.39 is 12.1 Å². The minimum Gasteiger partial charge on any atom is -0.207 e. The van der Waals surface area contributed by atoms with E-state index in [4.69, 9.17) is 11.6 Å². The summed E-state index contributed by atoms with van der Waals surface area (Å²) < 4.78 is 50.8. The summed E-state index contributed by atoms with van der Waals surface area (Å²) in [5.74, 6) is -1.41. The van der Waals surface area contributed by atoms with Gasteiger partial charge < -0.3 is 0 Å². The molecule has 20 heavy (non-hydrogen) atoms. The number of rotatable bonds is 3. The van der Waals surface area contributed by atoms with E-state index >= 15 is 0 Å². The normalized spacial score (nSPS) is 25.4. The number of benzene rings is 1. The van der Waals surface area contributed by atoms with Crippen LogP contribution in [0, 0.1) is 17.7 Å². The van der Waals surface area contributed by atoms with Crippen molar-refractivity contribution in [2.45, 2.75) is 43.7 Å². The maximum Gasteiger partial charge on any atom is 0.391 e. The molecule has 1 fully saturated rings. The van der Waals surface area contributed by atoms with Gasteiger partial charge in [0.05, 0.1) is 5.92 Å². The van der Waals surface area contributed by atoms with E-state index in [2.05, 4.69) is 0 Å². The Kier molecular flexibility index (Phi) is 4.95. The first-order valence-electron chi connectivity index (χ1n) is 6.81. The number of alkyl halides is 4. The van der Waals surface area contributed by atoms with Gasteiger partial charge in [-0.05, 0) is 55.7 Å². The van der Waals surface area contributed by atoms with E-state index in [1.165, 1.54) is 12.1 Å². The summed E-state index contributed by atoms with van der Waals surface area (Å²) in [6.45, 7) is 0. The molecule has 0 bridgehead atoms. The van der Waals surface area contributed by atoms with Gasteiger partial charge in [0.2, 0.25) is 0 Å². The predicted molar refractivity (Wildman–Crippen MR) is 71.2 cm³/mol. The lowest BCUT2D eigenvalue weighted by molar-refractivity contribution is -0.183. The molecule has 0 spiro atoms. The van der Waals surface area contributed by atoms with Crippen LogP contribution in [0.15, 0.2) is 24.3 Å². The Morgan fingerprint density at radius 1 is 1.15 bits per heavy atom. The molecule has 1 aliphatic rings. The zero-order valence-electron chi connectivity index (χ0n) is 11.0. The first-order valence-corrected chi connectivity index (χ1v) is 7.25. The second-order valence-corrected chi connectivity index (χ2v) is 6.06. The van der Waals surface area contributed by atoms with Gasteiger partial charge in [-0.25, -0.2) is 4.39 Å². The molecule has 1 unspecified atom stereocenters. The predicted octanol–water partition coefficient (Wildman–Crippen LogP) is 5.34. The molecule has 2 rings (SSSR count). The van der Waals surface area contributed by atoms with Gasteiger partial charge >= 0.3 is 6.18 Å². The highest BCUT2D eigenvalue weighted by atomic mass is 35.5. The van der Waals surface area contributed by atoms with Gasteiger partial charge in [-0.1, -0.05) is 12.1 Å². The minimum absolute atomic E-state index is 0.0820. The van der Waals surface area contributed by atoms with E-state index in [-0.39, 0.29) is 30.0 Å². The maximum absolute atomic E-state index is 13.1. The highest BCUT2D eigenvalue weighted by Gasteiger charge is 2.42. The lowest BCUT2D eigenvalue weighted by Gasteiger charge is -2.32. The molecule has 0 aromatic heterocycles. The van der Waals surface area contributed by atoms with Crippen molar-refractivity contribution in [3.05, 3.63) is 35.6 Å². The molecule has 1 aliphatic carbocycles. The first-order chi connectivity index (χ1) is 9.36. The minimum atomic E-state index is -4.09. The summed E-state index contributed by atoms with van der Waals surface area (Å²) in [6.07, 6.45) is -2.29. The van der Waals surface area contributed by atoms with Crippen LogP contribution in [0.5, 0.6) is 0 Å². The molecule has 0 N–H and O–H groups in total. The van der Waals surface area contributed by atoms with E-state index in [9.17, 15) is 17.6 Å². The maximum atomic E-state index is 13.1. The summed E-state index contributed by atoms with van der Waals surface area (Å²) in [5.41, 5.74) is 0.794. The molecule has 0 nitrogen and oxygen atoms in total. The molecule has 0 radical (unpaired) electrons. The van der Waals surface area contributed by atoms with Gasteiger partial charge in [0.25, 0.3) is 0 Å². The van der Waals surface area contributed by atoms with Crippen LogP contribution in [0.2, 0.25) is 0 Å². The van der Waals surface area contributed by atoms with Crippen molar-refractivity contribution in [2.24, 2.45) is 11.8 Å². The number of hydrogen-bond donors (Lipinski definition) is 0. The van der Waals surface area contributed by atoms with E-state index in [0.717, 1.165) is 5.56 Å². The van der Waals surface area contributed by atoms with E-state index in [0.29, 0.717) is 19.3 Å². The monoisotopic (exact) mass is 308 g/mol. The zero-order valence-corrected chi connectivity index (χ0v) is 11.7. The van der Waals surface area contributed by atoms with Crippen LogP contribution in [0.4, 0.5) is 17.6 Å². The quantitative estimate of drug-likeness (QED) is 0.522. The van der Waals surface area contributed by atoms with Gasteiger partial charge in [-0.3, -0.25) is 0 Å². The molecule has 1 aromatic carbocycles. The summed E-state index contributed by atoms with van der Waals surface area (Å²) >= 11 is 6.30. The molecule has 0 aliphatic heterocycles. The SMILES string of the molecule is Fc1cccc(CC(Cl)C2CCC(C(F)(F)F)CC2)c1. The molecular formula is C15H17ClF4. The standard InChI is InChI=1S/C15H17ClF4/c16-14(9-10-2-1-3-13(17)8-10)11-4-6-12(7-5-11)15(18,19)20/h1-3,8,11-12,14H,4-7,9H2. The second-order valence-electron chi connectivity index (χ2n) is 5.50. The van der Waals surface area contributed by atoms with Gasteiger partial charge in [0.15, 0.2) is 0 Å². The molecule has 1 aromatic rings. The van der Waals surface area contributed by atoms with Crippen LogP contribution >= 0.6 is 11.6 Å². The van der Waals surface area contributed by atoms with Crippen LogP contribution in [0.3, 0.4) is 0 Å². The molecule has 112 valence electrons. The molecule has 5 heteroatoms. The molecular weight excluding hydrogens is 292 g/mol. The highest BCUT2D eigenvalue weighted by molar-refractivity contribution is 6.20. The van der Waals surface area contributed by atoms with Crippen molar-refractivity contribution >= 4 is 11.6 Å². The fourth-order valence-corrected chi connectivity index (χ4v) is 3.29. The Balaban J connectivity index is 1.87. The number of halogens is 5. The van der Waals surface area contributed by atoms with Gasteiger partial charge in [0, 0.05) is 5.38 Å². The third kappa shape index (κ3) is 4.11. The van der Waals surface area contributed by atoms with Gasteiger partial charge in [-0.15, -0.1) is 11.6 Å². The lowest BCUT2D eigenvalue weighted by Crippen LogP contribution is -2.31.